The summed E-state index contributed by atoms with van der Waals surface area (Å²) in [5.41, 5.74) is 10.0. The van der Waals surface area contributed by atoms with Crippen LogP contribution < -0.4 is 0 Å². The molecule has 7 aromatic carbocycles. The maximum Gasteiger partial charge on any atom is 0.164 e. The number of para-hydroxylation sites is 2. The number of fused-ring (bicyclic) bond motifs is 6. The van der Waals surface area contributed by atoms with E-state index in [2.05, 4.69) is 114 Å². The van der Waals surface area contributed by atoms with E-state index in [-0.39, 0.29) is 0 Å². The lowest BCUT2D eigenvalue weighted by Gasteiger charge is -2.11. The van der Waals surface area contributed by atoms with E-state index >= 15 is 0 Å². The maximum atomic E-state index is 9.93. The van der Waals surface area contributed by atoms with Gasteiger partial charge in [-0.2, -0.15) is 5.26 Å². The van der Waals surface area contributed by atoms with Crippen LogP contribution in [-0.2, 0) is 0 Å². The predicted molar refractivity (Wildman–Crippen MR) is 208 cm³/mol. The second kappa shape index (κ2) is 11.9. The normalized spacial score (nSPS) is 11.4. The van der Waals surface area contributed by atoms with Gasteiger partial charge in [0.15, 0.2) is 17.5 Å². The van der Waals surface area contributed by atoms with Crippen LogP contribution in [0.5, 0.6) is 0 Å². The number of nitrogens with zero attached hydrogens (tertiary/aromatic N) is 5. The largest absolute Gasteiger partial charge is 0.456 e. The molecule has 0 aliphatic rings. The topological polar surface area (TPSA) is 80.5 Å². The highest BCUT2D eigenvalue weighted by Crippen LogP contribution is 2.39. The van der Waals surface area contributed by atoms with Crippen molar-refractivity contribution in [1.82, 2.24) is 19.5 Å². The Hall–Kier alpha value is -7.36. The molecule has 10 rings (SSSR count). The third-order valence-electron chi connectivity index (χ3n) is 9.71. The Bertz CT molecular complexity index is 3010. The van der Waals surface area contributed by atoms with Gasteiger partial charge in [-0.1, -0.05) is 109 Å². The first-order chi connectivity index (χ1) is 25.7. The average Bonchev–Trinajstić information content (AvgIpc) is 3.77. The standard InChI is InChI=1S/C46H27N5O/c47-28-33-13-9-20-41-42(33)37-27-32(25-26-40(37)52-41)45-48-44(31-23-21-30(22-24-31)29-11-3-1-4-12-29)49-46(50-45)36-17-10-19-39-43(36)35-16-7-8-18-38(35)51(39)34-14-5-2-6-15-34/h1-27H. The molecule has 0 atom stereocenters. The lowest BCUT2D eigenvalue weighted by atomic mass is 10.0. The Morgan fingerprint density at radius 3 is 1.90 bits per heavy atom. The molecule has 0 spiro atoms. The van der Waals surface area contributed by atoms with Crippen molar-refractivity contribution < 1.29 is 4.42 Å². The molecule has 0 N–H and O–H groups in total. The monoisotopic (exact) mass is 665 g/mol. The lowest BCUT2D eigenvalue weighted by molar-refractivity contribution is 0.669. The molecule has 0 unspecified atom stereocenters. The maximum absolute atomic E-state index is 9.93. The second-order valence-electron chi connectivity index (χ2n) is 12.7. The summed E-state index contributed by atoms with van der Waals surface area (Å²) >= 11 is 0. The first-order valence-electron chi connectivity index (χ1n) is 17.1. The zero-order valence-corrected chi connectivity index (χ0v) is 27.7. The number of benzene rings is 7. The summed E-state index contributed by atoms with van der Waals surface area (Å²) in [6, 6.07) is 57.7. The van der Waals surface area contributed by atoms with Crippen LogP contribution in [0.4, 0.5) is 0 Å². The van der Waals surface area contributed by atoms with Gasteiger partial charge in [0.1, 0.15) is 11.2 Å². The molecule has 0 aliphatic heterocycles. The van der Waals surface area contributed by atoms with Crippen molar-refractivity contribution in [2.75, 3.05) is 0 Å². The number of rotatable bonds is 5. The zero-order chi connectivity index (χ0) is 34.6. The Morgan fingerprint density at radius 1 is 0.462 bits per heavy atom. The van der Waals surface area contributed by atoms with E-state index in [0.29, 0.717) is 34.2 Å². The number of hydrogen-bond donors (Lipinski definition) is 0. The average molecular weight is 666 g/mol. The molecule has 6 heteroatoms. The first kappa shape index (κ1) is 29.5. The van der Waals surface area contributed by atoms with Crippen LogP contribution in [0.2, 0.25) is 0 Å². The van der Waals surface area contributed by atoms with Gasteiger partial charge < -0.3 is 8.98 Å². The third-order valence-corrected chi connectivity index (χ3v) is 9.71. The van der Waals surface area contributed by atoms with E-state index in [1.807, 2.05) is 60.7 Å². The molecular weight excluding hydrogens is 639 g/mol. The van der Waals surface area contributed by atoms with Crippen molar-refractivity contribution in [1.29, 1.82) is 5.26 Å². The van der Waals surface area contributed by atoms with Crippen LogP contribution >= 0.6 is 0 Å². The van der Waals surface area contributed by atoms with E-state index in [4.69, 9.17) is 19.4 Å². The molecule has 10 aromatic rings. The SMILES string of the molecule is N#Cc1cccc2oc3ccc(-c4nc(-c5ccc(-c6ccccc6)cc5)nc(-c5cccc6c5c5ccccc5n6-c5ccccc5)n4)cc3c12. The van der Waals surface area contributed by atoms with E-state index in [1.165, 1.54) is 0 Å². The summed E-state index contributed by atoms with van der Waals surface area (Å²) in [6.45, 7) is 0. The fourth-order valence-electron chi connectivity index (χ4n) is 7.32. The highest BCUT2D eigenvalue weighted by Gasteiger charge is 2.20. The molecule has 6 nitrogen and oxygen atoms in total. The molecule has 0 radical (unpaired) electrons. The van der Waals surface area contributed by atoms with Crippen molar-refractivity contribution in [3.63, 3.8) is 0 Å². The molecule has 0 amide bonds. The summed E-state index contributed by atoms with van der Waals surface area (Å²) < 4.78 is 8.44. The molecule has 242 valence electrons. The smallest absolute Gasteiger partial charge is 0.164 e. The minimum absolute atomic E-state index is 0.529. The van der Waals surface area contributed by atoms with E-state index < -0.39 is 0 Å². The summed E-state index contributed by atoms with van der Waals surface area (Å²) in [4.78, 5) is 15.5. The second-order valence-corrected chi connectivity index (χ2v) is 12.7. The molecule has 0 bridgehead atoms. The summed E-state index contributed by atoms with van der Waals surface area (Å²) in [6.07, 6.45) is 0. The zero-order valence-electron chi connectivity index (χ0n) is 27.7. The van der Waals surface area contributed by atoms with Gasteiger partial charge in [-0.05, 0) is 65.7 Å². The number of nitriles is 1. The first-order valence-corrected chi connectivity index (χ1v) is 17.1. The van der Waals surface area contributed by atoms with Gasteiger partial charge in [-0.25, -0.2) is 15.0 Å². The van der Waals surface area contributed by atoms with Crippen LogP contribution in [0.25, 0.3) is 94.7 Å². The number of hydrogen-bond acceptors (Lipinski definition) is 5. The van der Waals surface area contributed by atoms with E-state index in [1.54, 1.807) is 0 Å². The van der Waals surface area contributed by atoms with Gasteiger partial charge >= 0.3 is 0 Å². The Morgan fingerprint density at radius 2 is 1.10 bits per heavy atom. The summed E-state index contributed by atoms with van der Waals surface area (Å²) in [7, 11) is 0. The minimum atomic E-state index is 0.529. The van der Waals surface area contributed by atoms with Crippen molar-refractivity contribution in [2.45, 2.75) is 0 Å². The Labute approximate surface area is 298 Å². The third kappa shape index (κ3) is 4.76. The van der Waals surface area contributed by atoms with Crippen molar-refractivity contribution in [3.8, 4) is 57.0 Å². The molecule has 3 aromatic heterocycles. The quantitative estimate of drug-likeness (QED) is 0.183. The fourth-order valence-corrected chi connectivity index (χ4v) is 7.32. The van der Waals surface area contributed by atoms with Crippen molar-refractivity contribution >= 4 is 43.7 Å². The van der Waals surface area contributed by atoms with Gasteiger partial charge in [-0.15, -0.1) is 0 Å². The lowest BCUT2D eigenvalue weighted by Crippen LogP contribution is -2.00. The van der Waals surface area contributed by atoms with E-state index in [9.17, 15) is 5.26 Å². The van der Waals surface area contributed by atoms with E-state index in [0.717, 1.165) is 66.1 Å². The minimum Gasteiger partial charge on any atom is -0.456 e. The fraction of sp³-hybridized carbons (Fsp3) is 0. The summed E-state index contributed by atoms with van der Waals surface area (Å²) in [5.74, 6) is 1.67. The molecule has 0 saturated heterocycles. The van der Waals surface area contributed by atoms with Gasteiger partial charge in [0.2, 0.25) is 0 Å². The van der Waals surface area contributed by atoms with Crippen LogP contribution in [0, 0.1) is 11.3 Å². The van der Waals surface area contributed by atoms with Crippen molar-refractivity contribution in [2.24, 2.45) is 0 Å². The molecule has 0 fully saturated rings. The predicted octanol–water partition coefficient (Wildman–Crippen LogP) is 11.4. The highest BCUT2D eigenvalue weighted by atomic mass is 16.3. The molecule has 52 heavy (non-hydrogen) atoms. The Kier molecular flexibility index (Phi) is 6.76. The van der Waals surface area contributed by atoms with Gasteiger partial charge in [-0.3, -0.25) is 0 Å². The van der Waals surface area contributed by atoms with Crippen LogP contribution in [0.1, 0.15) is 5.56 Å². The van der Waals surface area contributed by atoms with Gasteiger partial charge in [0, 0.05) is 43.9 Å². The van der Waals surface area contributed by atoms with Crippen LogP contribution in [0.15, 0.2) is 168 Å². The summed E-state index contributed by atoms with van der Waals surface area (Å²) in [5, 5.41) is 13.7. The van der Waals surface area contributed by atoms with Crippen LogP contribution in [-0.4, -0.2) is 19.5 Å². The molecule has 0 saturated carbocycles. The van der Waals surface area contributed by atoms with Crippen LogP contribution in [0.3, 0.4) is 0 Å². The van der Waals surface area contributed by atoms with Gasteiger partial charge in [0.05, 0.1) is 22.7 Å². The molecule has 0 aliphatic carbocycles. The number of furan rings is 1. The number of aromatic nitrogens is 4. The van der Waals surface area contributed by atoms with Crippen molar-refractivity contribution in [3.05, 3.63) is 169 Å². The Balaban J connectivity index is 1.22. The molecule has 3 heterocycles. The van der Waals surface area contributed by atoms with Gasteiger partial charge in [0.25, 0.3) is 0 Å². The highest BCUT2D eigenvalue weighted by molar-refractivity contribution is 6.15. The molecular formula is C46H27N5O.